The van der Waals surface area contributed by atoms with Gasteiger partial charge in [-0.15, -0.1) is 0 Å². The summed E-state index contributed by atoms with van der Waals surface area (Å²) in [6.45, 7) is 2.09. The van der Waals surface area contributed by atoms with Gasteiger partial charge in [-0.1, -0.05) is 45.8 Å². The summed E-state index contributed by atoms with van der Waals surface area (Å²) >= 11 is 3.53. The minimum Gasteiger partial charge on any atom is -0.507 e. The first-order valence-electron chi connectivity index (χ1n) is 9.56. The van der Waals surface area contributed by atoms with Crippen LogP contribution in [0.15, 0.2) is 77.3 Å². The van der Waals surface area contributed by atoms with Crippen LogP contribution < -0.4 is 15.4 Å². The minimum atomic E-state index is -0.0304. The van der Waals surface area contributed by atoms with E-state index in [0.29, 0.717) is 5.75 Å². The lowest BCUT2D eigenvalue weighted by atomic mass is 9.97. The number of aromatic hydroxyl groups is 1. The average Bonchev–Trinajstić information content (AvgIpc) is 2.75. The monoisotopic (exact) mass is 451 g/mol. The van der Waals surface area contributed by atoms with Gasteiger partial charge in [0.2, 0.25) is 0 Å². The Hall–Kier alpha value is -2.76. The smallest absolute Gasteiger partial charge is 0.186 e. The number of aryl methyl sites for hydroxylation is 1. The lowest BCUT2D eigenvalue weighted by Crippen LogP contribution is -2.89. The summed E-state index contributed by atoms with van der Waals surface area (Å²) in [5.74, 6) is 1.13. The molecule has 0 aromatic heterocycles. The Balaban J connectivity index is 1.75. The molecule has 4 N–H and O–H groups in total. The fraction of sp³-hybridized carbons (Fsp3) is 0.167. The summed E-state index contributed by atoms with van der Waals surface area (Å²) in [5.41, 5.74) is 5.43. The molecule has 2 atom stereocenters. The Kier molecular flexibility index (Phi) is 5.60. The second kappa shape index (κ2) is 8.31. The Labute approximate surface area is 179 Å². The Morgan fingerprint density at radius 2 is 1.72 bits per heavy atom. The van der Waals surface area contributed by atoms with E-state index in [-0.39, 0.29) is 12.2 Å². The van der Waals surface area contributed by atoms with Gasteiger partial charge < -0.3 is 20.5 Å². The van der Waals surface area contributed by atoms with E-state index < -0.39 is 0 Å². The molecular formula is C24H24BrN2O2+. The summed E-state index contributed by atoms with van der Waals surface area (Å²) < 4.78 is 6.24. The predicted molar refractivity (Wildman–Crippen MR) is 118 cm³/mol. The van der Waals surface area contributed by atoms with Crippen LogP contribution in [0.2, 0.25) is 0 Å². The van der Waals surface area contributed by atoms with Crippen LogP contribution in [0.4, 0.5) is 0 Å². The van der Waals surface area contributed by atoms with Gasteiger partial charge in [0.15, 0.2) is 6.17 Å². The number of nitrogens with two attached hydrogens (primary N) is 1. The number of halogens is 1. The van der Waals surface area contributed by atoms with E-state index in [9.17, 15) is 5.11 Å². The molecule has 148 valence electrons. The van der Waals surface area contributed by atoms with Crippen molar-refractivity contribution < 1.29 is 15.2 Å². The predicted octanol–water partition coefficient (Wildman–Crippen LogP) is 4.42. The lowest BCUT2D eigenvalue weighted by Gasteiger charge is -2.30. The zero-order valence-electron chi connectivity index (χ0n) is 16.4. The number of ether oxygens (including phenoxy) is 1. The maximum atomic E-state index is 10.5. The molecule has 1 heterocycles. The average molecular weight is 452 g/mol. The number of phenols is 1. The molecule has 3 aromatic rings. The zero-order chi connectivity index (χ0) is 20.4. The highest BCUT2D eigenvalue weighted by Gasteiger charge is 2.29. The summed E-state index contributed by atoms with van der Waals surface area (Å²) in [6.07, 6.45) is 2.18. The molecule has 2 unspecified atom stereocenters. The third kappa shape index (κ3) is 4.31. The largest absolute Gasteiger partial charge is 0.507 e. The molecule has 5 heteroatoms. The van der Waals surface area contributed by atoms with Crippen molar-refractivity contribution in [1.29, 1.82) is 0 Å². The van der Waals surface area contributed by atoms with Crippen molar-refractivity contribution >= 4 is 21.6 Å². The number of methoxy groups -OCH3 is 1. The first kappa shape index (κ1) is 19.6. The molecule has 0 bridgehead atoms. The first-order valence-corrected chi connectivity index (χ1v) is 10.4. The van der Waals surface area contributed by atoms with Crippen molar-refractivity contribution in [3.05, 3.63) is 99.5 Å². The fourth-order valence-electron chi connectivity index (χ4n) is 3.61. The number of quaternary nitrogens is 1. The Bertz CT molecular complexity index is 1030. The van der Waals surface area contributed by atoms with Crippen molar-refractivity contribution in [3.63, 3.8) is 0 Å². The van der Waals surface area contributed by atoms with Crippen LogP contribution in [0, 0.1) is 6.92 Å². The molecule has 29 heavy (non-hydrogen) atoms. The molecule has 4 rings (SSSR count). The third-order valence-electron chi connectivity index (χ3n) is 5.24. The van der Waals surface area contributed by atoms with Crippen molar-refractivity contribution in [2.75, 3.05) is 7.11 Å². The van der Waals surface area contributed by atoms with Crippen LogP contribution in [-0.4, -0.2) is 12.2 Å². The van der Waals surface area contributed by atoms with Crippen LogP contribution in [-0.2, 0) is 0 Å². The number of phenolic OH excluding ortho intramolecular Hbond substituents is 1. The van der Waals surface area contributed by atoms with Crippen molar-refractivity contribution in [1.82, 2.24) is 5.32 Å². The van der Waals surface area contributed by atoms with Crippen molar-refractivity contribution in [2.45, 2.75) is 19.1 Å². The third-order valence-corrected chi connectivity index (χ3v) is 5.74. The van der Waals surface area contributed by atoms with Gasteiger partial charge in [0, 0.05) is 21.8 Å². The maximum absolute atomic E-state index is 10.5. The standard InChI is InChI=1S/C24H23BrN2O2/c1-15-3-5-16(6-4-15)21-14-22(20-13-18(25)9-12-23(20)28)27-24(26-21)17-7-10-19(29-2)11-8-17/h3-14,22,24,26-28H,1-2H3/p+1. The van der Waals surface area contributed by atoms with Crippen LogP contribution in [0.5, 0.6) is 11.5 Å². The molecule has 0 radical (unpaired) electrons. The first-order chi connectivity index (χ1) is 14.0. The maximum Gasteiger partial charge on any atom is 0.186 e. The van der Waals surface area contributed by atoms with E-state index in [4.69, 9.17) is 4.74 Å². The minimum absolute atomic E-state index is 0.00518. The fourth-order valence-corrected chi connectivity index (χ4v) is 3.99. The number of nitrogens with one attached hydrogen (secondary N) is 1. The summed E-state index contributed by atoms with van der Waals surface area (Å²) in [6, 6.07) is 22.1. The second-order valence-electron chi connectivity index (χ2n) is 7.26. The van der Waals surface area contributed by atoms with E-state index in [1.807, 2.05) is 24.3 Å². The second-order valence-corrected chi connectivity index (χ2v) is 8.18. The molecule has 0 saturated carbocycles. The molecule has 1 aliphatic heterocycles. The number of rotatable bonds is 4. The number of benzene rings is 3. The topological polar surface area (TPSA) is 58.1 Å². The molecule has 0 amide bonds. The van der Waals surface area contributed by atoms with E-state index in [0.717, 1.165) is 32.6 Å². The van der Waals surface area contributed by atoms with Gasteiger partial charge >= 0.3 is 0 Å². The summed E-state index contributed by atoms with van der Waals surface area (Å²) in [7, 11) is 1.67. The van der Waals surface area contributed by atoms with Gasteiger partial charge in [-0.3, -0.25) is 0 Å². The molecular weight excluding hydrogens is 428 g/mol. The van der Waals surface area contributed by atoms with Crippen LogP contribution in [0.3, 0.4) is 0 Å². The van der Waals surface area contributed by atoms with E-state index in [1.54, 1.807) is 13.2 Å². The highest BCUT2D eigenvalue weighted by atomic mass is 79.9. The van der Waals surface area contributed by atoms with Gasteiger partial charge in [-0.2, -0.15) is 0 Å². The number of hydrogen-bond donors (Lipinski definition) is 3. The number of hydrogen-bond acceptors (Lipinski definition) is 3. The van der Waals surface area contributed by atoms with Gasteiger partial charge in [-0.05, 0) is 55.0 Å². The van der Waals surface area contributed by atoms with Gasteiger partial charge in [0.25, 0.3) is 0 Å². The summed E-state index contributed by atoms with van der Waals surface area (Å²) in [5, 5.41) is 16.4. The molecule has 0 fully saturated rings. The zero-order valence-corrected chi connectivity index (χ0v) is 18.0. The van der Waals surface area contributed by atoms with Gasteiger partial charge in [0.05, 0.1) is 12.7 Å². The molecule has 0 aliphatic carbocycles. The molecule has 0 spiro atoms. The van der Waals surface area contributed by atoms with Crippen molar-refractivity contribution in [2.24, 2.45) is 0 Å². The SMILES string of the molecule is COc1ccc(C2NC(c3ccc(C)cc3)=CC(c3cc(Br)ccc3O)[NH2+]2)cc1. The van der Waals surface area contributed by atoms with Crippen molar-refractivity contribution in [3.8, 4) is 11.5 Å². The lowest BCUT2D eigenvalue weighted by molar-refractivity contribution is -0.731. The Morgan fingerprint density at radius 1 is 1.00 bits per heavy atom. The normalized spacial score (nSPS) is 18.7. The van der Waals surface area contributed by atoms with E-state index in [2.05, 4.69) is 76.0 Å². The van der Waals surface area contributed by atoms with E-state index >= 15 is 0 Å². The quantitative estimate of drug-likeness (QED) is 0.550. The Morgan fingerprint density at radius 3 is 2.41 bits per heavy atom. The molecule has 4 nitrogen and oxygen atoms in total. The van der Waals surface area contributed by atoms with Gasteiger partial charge in [-0.25, -0.2) is 0 Å². The summed E-state index contributed by atoms with van der Waals surface area (Å²) in [4.78, 5) is 0. The molecule has 1 aliphatic rings. The van der Waals surface area contributed by atoms with Crippen LogP contribution >= 0.6 is 15.9 Å². The van der Waals surface area contributed by atoms with E-state index in [1.165, 1.54) is 5.56 Å². The van der Waals surface area contributed by atoms with Crippen LogP contribution in [0.25, 0.3) is 5.70 Å². The highest BCUT2D eigenvalue weighted by Crippen LogP contribution is 2.31. The molecule has 0 saturated heterocycles. The van der Waals surface area contributed by atoms with Crippen LogP contribution in [0.1, 0.15) is 34.5 Å². The highest BCUT2D eigenvalue weighted by molar-refractivity contribution is 9.10. The van der Waals surface area contributed by atoms with Gasteiger partial charge in [0.1, 0.15) is 17.5 Å². The molecule has 3 aromatic carbocycles.